The van der Waals surface area contributed by atoms with Crippen molar-refractivity contribution in [2.75, 3.05) is 0 Å². The lowest BCUT2D eigenvalue weighted by Crippen LogP contribution is -1.77. The molecular weight excluding hydrogens is 194 g/mol. The van der Waals surface area contributed by atoms with Crippen molar-refractivity contribution in [3.8, 4) is 0 Å². The van der Waals surface area contributed by atoms with E-state index in [0.717, 1.165) is 16.8 Å². The van der Waals surface area contributed by atoms with Gasteiger partial charge in [-0.2, -0.15) is 0 Å². The highest BCUT2D eigenvalue weighted by atomic mass is 14.6. The Bertz CT molecular complexity index is 481. The van der Waals surface area contributed by atoms with E-state index in [1.807, 2.05) is 42.5 Å². The molecule has 0 bridgehead atoms. The van der Waals surface area contributed by atoms with Gasteiger partial charge in [0.15, 0.2) is 0 Å². The third kappa shape index (κ3) is 2.67. The van der Waals surface area contributed by atoms with Gasteiger partial charge in [-0.05, 0) is 29.3 Å². The zero-order valence-corrected chi connectivity index (χ0v) is 9.01. The summed E-state index contributed by atoms with van der Waals surface area (Å²) in [6, 6.07) is 14.1. The van der Waals surface area contributed by atoms with Gasteiger partial charge in [-0.15, -0.1) is 0 Å². The largest absolute Gasteiger partial charge is 0.257 e. The molecule has 2 rings (SSSR count). The molecule has 1 nitrogen and oxygen atoms in total. The average molecular weight is 207 g/mol. The normalized spacial score (nSPS) is 10.5. The number of aromatic nitrogens is 1. The van der Waals surface area contributed by atoms with E-state index in [9.17, 15) is 0 Å². The van der Waals surface area contributed by atoms with Crippen LogP contribution < -0.4 is 0 Å². The topological polar surface area (TPSA) is 12.9 Å². The van der Waals surface area contributed by atoms with Gasteiger partial charge in [0.1, 0.15) is 0 Å². The predicted molar refractivity (Wildman–Crippen MR) is 69.7 cm³/mol. The molecule has 0 spiro atoms. The molecule has 2 aromatic rings. The Balaban J connectivity index is 2.14. The molecule has 1 aromatic carbocycles. The second-order valence-electron chi connectivity index (χ2n) is 3.46. The van der Waals surface area contributed by atoms with Crippen LogP contribution in [-0.2, 0) is 0 Å². The zero-order valence-electron chi connectivity index (χ0n) is 9.01. The molecule has 0 N–H and O–H groups in total. The van der Waals surface area contributed by atoms with Gasteiger partial charge in [0.05, 0.1) is 5.69 Å². The zero-order chi connectivity index (χ0) is 11.2. The minimum absolute atomic E-state index is 0.968. The lowest BCUT2D eigenvalue weighted by atomic mass is 10.1. The molecular formula is C15H13N. The predicted octanol–water partition coefficient (Wildman–Crippen LogP) is 3.90. The van der Waals surface area contributed by atoms with Crippen LogP contribution in [0.5, 0.6) is 0 Å². The summed E-state index contributed by atoms with van der Waals surface area (Å²) in [6.07, 6.45) is 7.69. The van der Waals surface area contributed by atoms with Crippen LogP contribution in [0.15, 0.2) is 55.2 Å². The van der Waals surface area contributed by atoms with Gasteiger partial charge in [-0.1, -0.05) is 49.1 Å². The Morgan fingerprint density at radius 3 is 2.25 bits per heavy atom. The van der Waals surface area contributed by atoms with Crippen LogP contribution in [0.1, 0.15) is 16.8 Å². The third-order valence-electron chi connectivity index (χ3n) is 2.31. The highest BCUT2D eigenvalue weighted by Crippen LogP contribution is 2.09. The minimum Gasteiger partial charge on any atom is -0.257 e. The molecule has 0 fully saturated rings. The first-order chi connectivity index (χ1) is 7.88. The van der Waals surface area contributed by atoms with Crippen molar-refractivity contribution in [1.82, 2.24) is 4.98 Å². The molecule has 1 heterocycles. The molecule has 0 aliphatic carbocycles. The SMILES string of the molecule is C=Cc1ccc(C=Cc2ccccn2)cc1. The van der Waals surface area contributed by atoms with Crippen LogP contribution in [0.2, 0.25) is 0 Å². The highest BCUT2D eigenvalue weighted by molar-refractivity contribution is 5.68. The van der Waals surface area contributed by atoms with Crippen molar-refractivity contribution in [1.29, 1.82) is 0 Å². The van der Waals surface area contributed by atoms with Crippen molar-refractivity contribution in [3.05, 3.63) is 72.1 Å². The van der Waals surface area contributed by atoms with E-state index < -0.39 is 0 Å². The van der Waals surface area contributed by atoms with E-state index in [2.05, 4.69) is 29.8 Å². The van der Waals surface area contributed by atoms with E-state index >= 15 is 0 Å². The Labute approximate surface area is 95.8 Å². The molecule has 1 heteroatoms. The van der Waals surface area contributed by atoms with E-state index in [4.69, 9.17) is 0 Å². The molecule has 0 atom stereocenters. The van der Waals surface area contributed by atoms with Crippen LogP contribution in [0, 0.1) is 0 Å². The van der Waals surface area contributed by atoms with Gasteiger partial charge in [-0.3, -0.25) is 4.98 Å². The number of nitrogens with zero attached hydrogens (tertiary/aromatic N) is 1. The summed E-state index contributed by atoms with van der Waals surface area (Å²) in [4.78, 5) is 4.22. The standard InChI is InChI=1S/C15H13N/c1-2-13-6-8-14(9-7-13)10-11-15-5-3-4-12-16-15/h2-12H,1H2. The average Bonchev–Trinajstić information content (AvgIpc) is 2.38. The Morgan fingerprint density at radius 2 is 1.62 bits per heavy atom. The van der Waals surface area contributed by atoms with Crippen molar-refractivity contribution >= 4 is 18.2 Å². The lowest BCUT2D eigenvalue weighted by molar-refractivity contribution is 1.30. The fraction of sp³-hybridized carbons (Fsp3) is 0. The molecule has 0 saturated heterocycles. The minimum atomic E-state index is 0.968. The van der Waals surface area contributed by atoms with Gasteiger partial charge in [-0.25, -0.2) is 0 Å². The molecule has 0 aliphatic heterocycles. The van der Waals surface area contributed by atoms with Gasteiger partial charge in [0.2, 0.25) is 0 Å². The second-order valence-corrected chi connectivity index (χ2v) is 3.46. The van der Waals surface area contributed by atoms with Crippen molar-refractivity contribution < 1.29 is 0 Å². The monoisotopic (exact) mass is 207 g/mol. The number of rotatable bonds is 3. The summed E-state index contributed by atoms with van der Waals surface area (Å²) in [7, 11) is 0. The first kappa shape index (κ1) is 10.4. The summed E-state index contributed by atoms with van der Waals surface area (Å²) in [5.41, 5.74) is 3.27. The third-order valence-corrected chi connectivity index (χ3v) is 2.31. The molecule has 0 saturated carbocycles. The van der Waals surface area contributed by atoms with Crippen LogP contribution in [0.4, 0.5) is 0 Å². The Kier molecular flexibility index (Phi) is 3.29. The molecule has 0 radical (unpaired) electrons. The van der Waals surface area contributed by atoms with Crippen molar-refractivity contribution in [2.45, 2.75) is 0 Å². The van der Waals surface area contributed by atoms with Gasteiger partial charge in [0, 0.05) is 6.20 Å². The maximum Gasteiger partial charge on any atom is 0.0629 e. The van der Waals surface area contributed by atoms with Gasteiger partial charge >= 0.3 is 0 Å². The molecule has 78 valence electrons. The van der Waals surface area contributed by atoms with Crippen LogP contribution in [-0.4, -0.2) is 4.98 Å². The van der Waals surface area contributed by atoms with Crippen molar-refractivity contribution in [3.63, 3.8) is 0 Å². The van der Waals surface area contributed by atoms with E-state index in [-0.39, 0.29) is 0 Å². The molecule has 0 amide bonds. The van der Waals surface area contributed by atoms with E-state index in [1.54, 1.807) is 6.20 Å². The molecule has 16 heavy (non-hydrogen) atoms. The molecule has 0 unspecified atom stereocenters. The Hall–Kier alpha value is -2.15. The fourth-order valence-corrected chi connectivity index (χ4v) is 1.40. The summed E-state index contributed by atoms with van der Waals surface area (Å²) < 4.78 is 0. The number of pyridine rings is 1. The fourth-order valence-electron chi connectivity index (χ4n) is 1.40. The maximum absolute atomic E-state index is 4.22. The smallest absolute Gasteiger partial charge is 0.0629 e. The second kappa shape index (κ2) is 5.08. The quantitative estimate of drug-likeness (QED) is 0.744. The summed E-state index contributed by atoms with van der Waals surface area (Å²) >= 11 is 0. The van der Waals surface area contributed by atoms with E-state index in [1.165, 1.54) is 0 Å². The van der Waals surface area contributed by atoms with Crippen LogP contribution >= 0.6 is 0 Å². The molecule has 1 aromatic heterocycles. The summed E-state index contributed by atoms with van der Waals surface area (Å²) in [5, 5.41) is 0. The lowest BCUT2D eigenvalue weighted by Gasteiger charge is -1.95. The Morgan fingerprint density at radius 1 is 0.875 bits per heavy atom. The molecule has 0 aliphatic rings. The first-order valence-electron chi connectivity index (χ1n) is 5.20. The summed E-state index contributed by atoms with van der Waals surface area (Å²) in [6.45, 7) is 3.73. The van der Waals surface area contributed by atoms with Gasteiger partial charge < -0.3 is 0 Å². The van der Waals surface area contributed by atoms with Crippen molar-refractivity contribution in [2.24, 2.45) is 0 Å². The first-order valence-corrected chi connectivity index (χ1v) is 5.20. The number of hydrogen-bond acceptors (Lipinski definition) is 1. The van der Waals surface area contributed by atoms with E-state index in [0.29, 0.717) is 0 Å². The number of benzene rings is 1. The number of hydrogen-bond donors (Lipinski definition) is 0. The highest BCUT2D eigenvalue weighted by Gasteiger charge is 1.88. The summed E-state index contributed by atoms with van der Waals surface area (Å²) in [5.74, 6) is 0. The van der Waals surface area contributed by atoms with Crippen LogP contribution in [0.25, 0.3) is 18.2 Å². The van der Waals surface area contributed by atoms with Gasteiger partial charge in [0.25, 0.3) is 0 Å². The van der Waals surface area contributed by atoms with Crippen LogP contribution in [0.3, 0.4) is 0 Å². The maximum atomic E-state index is 4.22.